The molecule has 6 heteroatoms. The van der Waals surface area contributed by atoms with E-state index in [1.165, 1.54) is 28.5 Å². The SMILES string of the molecule is [C-]#[N+]C(=Cc1ccc(-c2ccc(-c3ccc(N(c4ccc(C)cc4)c4ccc(C)cc4)cc3)s2)s1)C(=O)O. The van der Waals surface area contributed by atoms with Crippen LogP contribution in [0.1, 0.15) is 16.0 Å². The highest BCUT2D eigenvalue weighted by Gasteiger charge is 2.14. The fraction of sp³-hybridized carbons (Fsp3) is 0.0625. The van der Waals surface area contributed by atoms with Gasteiger partial charge in [0.15, 0.2) is 0 Å². The molecule has 5 aromatic rings. The molecule has 3 aromatic carbocycles. The second-order valence-electron chi connectivity index (χ2n) is 8.87. The number of anilines is 3. The van der Waals surface area contributed by atoms with Gasteiger partial charge in [-0.25, -0.2) is 4.85 Å². The molecule has 0 unspecified atom stereocenters. The van der Waals surface area contributed by atoms with Crippen LogP contribution in [0, 0.1) is 20.4 Å². The Kier molecular flexibility index (Phi) is 7.23. The van der Waals surface area contributed by atoms with Crippen LogP contribution < -0.4 is 4.90 Å². The molecule has 0 spiro atoms. The van der Waals surface area contributed by atoms with Crippen LogP contribution in [0.2, 0.25) is 0 Å². The molecule has 0 bridgehead atoms. The second kappa shape index (κ2) is 10.9. The molecule has 2 heterocycles. The summed E-state index contributed by atoms with van der Waals surface area (Å²) < 4.78 is 0. The van der Waals surface area contributed by atoms with E-state index in [-0.39, 0.29) is 5.70 Å². The minimum atomic E-state index is -1.21. The van der Waals surface area contributed by atoms with Crippen LogP contribution in [0.3, 0.4) is 0 Å². The summed E-state index contributed by atoms with van der Waals surface area (Å²) in [6.45, 7) is 11.2. The molecule has 0 aliphatic rings. The molecule has 4 nitrogen and oxygen atoms in total. The van der Waals surface area contributed by atoms with Crippen LogP contribution in [0.15, 0.2) is 103 Å². The largest absolute Gasteiger partial charge is 0.486 e. The van der Waals surface area contributed by atoms with Gasteiger partial charge < -0.3 is 10.0 Å². The lowest BCUT2D eigenvalue weighted by Crippen LogP contribution is -2.09. The predicted molar refractivity (Wildman–Crippen MR) is 159 cm³/mol. The molecule has 5 rings (SSSR count). The summed E-state index contributed by atoms with van der Waals surface area (Å²) in [5.41, 5.74) is 6.61. The third kappa shape index (κ3) is 5.45. The van der Waals surface area contributed by atoms with Crippen LogP contribution in [-0.2, 0) is 4.79 Å². The van der Waals surface area contributed by atoms with Crippen molar-refractivity contribution in [3.05, 3.63) is 130 Å². The Morgan fingerprint density at radius 3 is 1.71 bits per heavy atom. The molecule has 0 radical (unpaired) electrons. The van der Waals surface area contributed by atoms with Gasteiger partial charge in [0.05, 0.1) is 6.57 Å². The molecule has 2 aromatic heterocycles. The van der Waals surface area contributed by atoms with E-state index in [9.17, 15) is 4.79 Å². The van der Waals surface area contributed by atoms with Crippen molar-refractivity contribution in [1.82, 2.24) is 0 Å². The van der Waals surface area contributed by atoms with Crippen molar-refractivity contribution in [2.24, 2.45) is 0 Å². The van der Waals surface area contributed by atoms with Gasteiger partial charge in [0, 0.05) is 36.6 Å². The van der Waals surface area contributed by atoms with Gasteiger partial charge >= 0.3 is 5.97 Å². The number of hydrogen-bond donors (Lipinski definition) is 1. The van der Waals surface area contributed by atoms with Gasteiger partial charge in [-0.15, -0.1) is 22.7 Å². The standard InChI is InChI=1S/C32H24N2O2S2/c1-21-4-10-24(11-5-21)34(25-12-6-22(2)7-13-25)26-14-8-23(9-15-26)29-18-19-31(38-29)30-17-16-27(37-30)20-28(33-3)32(35)36/h4-20H,1-2H3,(H,35,36). The first kappa shape index (κ1) is 25.2. The number of aliphatic carboxylic acids is 1. The lowest BCUT2D eigenvalue weighted by atomic mass is 10.1. The Morgan fingerprint density at radius 1 is 0.711 bits per heavy atom. The van der Waals surface area contributed by atoms with E-state index in [4.69, 9.17) is 11.7 Å². The highest BCUT2D eigenvalue weighted by atomic mass is 32.1. The predicted octanol–water partition coefficient (Wildman–Crippen LogP) is 9.58. The number of aryl methyl sites for hydroxylation is 2. The molecule has 0 saturated heterocycles. The number of nitrogens with zero attached hydrogens (tertiary/aromatic N) is 2. The summed E-state index contributed by atoms with van der Waals surface area (Å²) >= 11 is 3.17. The van der Waals surface area contributed by atoms with E-state index < -0.39 is 5.97 Å². The van der Waals surface area contributed by atoms with Crippen molar-refractivity contribution < 1.29 is 9.90 Å². The van der Waals surface area contributed by atoms with Gasteiger partial charge in [-0.3, -0.25) is 4.79 Å². The molecule has 0 saturated carbocycles. The topological polar surface area (TPSA) is 44.9 Å². The Labute approximate surface area is 230 Å². The van der Waals surface area contributed by atoms with Crippen LogP contribution in [-0.4, -0.2) is 11.1 Å². The number of hydrogen-bond acceptors (Lipinski definition) is 4. The quantitative estimate of drug-likeness (QED) is 0.168. The van der Waals surface area contributed by atoms with Crippen LogP contribution in [0.4, 0.5) is 17.1 Å². The van der Waals surface area contributed by atoms with Crippen LogP contribution in [0.5, 0.6) is 0 Å². The third-order valence-electron chi connectivity index (χ3n) is 6.09. The second-order valence-corrected chi connectivity index (χ2v) is 11.1. The fourth-order valence-electron chi connectivity index (χ4n) is 4.07. The third-order valence-corrected chi connectivity index (χ3v) is 8.45. The van der Waals surface area contributed by atoms with E-state index in [1.807, 2.05) is 12.1 Å². The van der Waals surface area contributed by atoms with Crippen LogP contribution in [0.25, 0.3) is 31.1 Å². The lowest BCUT2D eigenvalue weighted by molar-refractivity contribution is -0.132. The molecule has 1 N–H and O–H groups in total. The van der Waals surface area contributed by atoms with E-state index in [1.54, 1.807) is 11.3 Å². The normalized spacial score (nSPS) is 11.2. The zero-order valence-corrected chi connectivity index (χ0v) is 22.5. The minimum Gasteiger partial charge on any atom is -0.486 e. The summed E-state index contributed by atoms with van der Waals surface area (Å²) in [4.78, 5) is 20.6. The van der Waals surface area contributed by atoms with E-state index in [0.717, 1.165) is 42.1 Å². The number of benzene rings is 3. The summed E-state index contributed by atoms with van der Waals surface area (Å²) in [6, 6.07) is 33.8. The average Bonchev–Trinajstić information content (AvgIpc) is 3.60. The first-order valence-corrected chi connectivity index (χ1v) is 13.6. The maximum Gasteiger partial charge on any atom is 0.333 e. The Balaban J connectivity index is 1.42. The summed E-state index contributed by atoms with van der Waals surface area (Å²) in [5.74, 6) is -1.21. The van der Waals surface area contributed by atoms with Crippen molar-refractivity contribution >= 4 is 51.8 Å². The summed E-state index contributed by atoms with van der Waals surface area (Å²) in [7, 11) is 0. The first-order valence-electron chi connectivity index (χ1n) is 12.0. The maximum atomic E-state index is 11.1. The number of carboxylic acids is 1. The molecule has 38 heavy (non-hydrogen) atoms. The fourth-order valence-corrected chi connectivity index (χ4v) is 6.12. The zero-order valence-electron chi connectivity index (χ0n) is 20.9. The van der Waals surface area contributed by atoms with E-state index in [0.29, 0.717) is 0 Å². The summed E-state index contributed by atoms with van der Waals surface area (Å²) in [6.07, 6.45) is 1.42. The molecule has 0 atom stereocenters. The van der Waals surface area contributed by atoms with E-state index >= 15 is 0 Å². The number of carboxylic acid groups (broad SMARTS) is 1. The Bertz CT molecular complexity index is 1610. The van der Waals surface area contributed by atoms with Gasteiger partial charge in [0.25, 0.3) is 5.70 Å². The number of carbonyl (C=O) groups is 1. The van der Waals surface area contributed by atoms with E-state index in [2.05, 4.69) is 109 Å². The van der Waals surface area contributed by atoms with Crippen molar-refractivity contribution in [2.45, 2.75) is 13.8 Å². The summed E-state index contributed by atoms with van der Waals surface area (Å²) in [5, 5.41) is 9.11. The smallest absolute Gasteiger partial charge is 0.333 e. The van der Waals surface area contributed by atoms with Crippen LogP contribution >= 0.6 is 22.7 Å². The first-order chi connectivity index (χ1) is 18.4. The lowest BCUT2D eigenvalue weighted by Gasteiger charge is -2.26. The highest BCUT2D eigenvalue weighted by Crippen LogP contribution is 2.40. The highest BCUT2D eigenvalue weighted by molar-refractivity contribution is 7.24. The van der Waals surface area contributed by atoms with Gasteiger partial charge in [-0.2, -0.15) is 0 Å². The zero-order chi connectivity index (χ0) is 26.6. The average molecular weight is 533 g/mol. The molecular weight excluding hydrogens is 508 g/mol. The number of rotatable bonds is 7. The number of thiophene rings is 2. The molecule has 0 aliphatic heterocycles. The minimum absolute atomic E-state index is 0.282. The van der Waals surface area contributed by atoms with Gasteiger partial charge in [0.1, 0.15) is 0 Å². The maximum absolute atomic E-state index is 11.1. The van der Waals surface area contributed by atoms with Crippen molar-refractivity contribution in [3.8, 4) is 20.2 Å². The monoisotopic (exact) mass is 532 g/mol. The van der Waals surface area contributed by atoms with Crippen molar-refractivity contribution in [1.29, 1.82) is 0 Å². The molecule has 186 valence electrons. The van der Waals surface area contributed by atoms with Gasteiger partial charge in [-0.05, 0) is 86.2 Å². The molecule has 0 fully saturated rings. The van der Waals surface area contributed by atoms with Crippen molar-refractivity contribution in [2.75, 3.05) is 4.90 Å². The van der Waals surface area contributed by atoms with Gasteiger partial charge in [-0.1, -0.05) is 47.5 Å². The van der Waals surface area contributed by atoms with Gasteiger partial charge in [0.2, 0.25) is 0 Å². The Hall–Kier alpha value is -4.44. The van der Waals surface area contributed by atoms with Crippen molar-refractivity contribution in [3.63, 3.8) is 0 Å². The molecule has 0 aliphatic carbocycles. The Morgan fingerprint density at radius 2 is 1.18 bits per heavy atom. The molecular formula is C32H24N2O2S2. The molecule has 0 amide bonds.